The van der Waals surface area contributed by atoms with Gasteiger partial charge in [-0.15, -0.1) is 0 Å². The summed E-state index contributed by atoms with van der Waals surface area (Å²) in [4.78, 5) is 18.9. The van der Waals surface area contributed by atoms with Crippen LogP contribution in [-0.4, -0.2) is 80.7 Å². The summed E-state index contributed by atoms with van der Waals surface area (Å²) in [7, 11) is -1.33. The minimum Gasteiger partial charge on any atom is -0.490 e. The van der Waals surface area contributed by atoms with E-state index in [1.807, 2.05) is 22.8 Å². The molecule has 4 aromatic heterocycles. The summed E-state index contributed by atoms with van der Waals surface area (Å²) in [5, 5.41) is 4.99. The average molecular weight is 787 g/mol. The highest BCUT2D eigenvalue weighted by molar-refractivity contribution is 6.76. The molecule has 0 radical (unpaired) electrons. The summed E-state index contributed by atoms with van der Waals surface area (Å²) in [6, 6.07) is 11.3. The minimum atomic E-state index is -1.86. The fourth-order valence-electron chi connectivity index (χ4n) is 5.97. The summed E-state index contributed by atoms with van der Waals surface area (Å²) < 4.78 is 39.2. The van der Waals surface area contributed by atoms with Gasteiger partial charge in [0.15, 0.2) is 20.3 Å². The third-order valence-corrected chi connectivity index (χ3v) is 16.5. The zero-order valence-corrected chi connectivity index (χ0v) is 36.0. The maximum Gasteiger partial charge on any atom is 0.228 e. The Balaban J connectivity index is 1.28. The van der Waals surface area contributed by atoms with Crippen molar-refractivity contribution in [2.75, 3.05) is 38.8 Å². The van der Waals surface area contributed by atoms with Crippen molar-refractivity contribution >= 4 is 44.3 Å². The zero-order chi connectivity index (χ0) is 39.2. The molecule has 12 nitrogen and oxygen atoms in total. The van der Waals surface area contributed by atoms with Crippen LogP contribution in [0.4, 0.5) is 5.95 Å². The molecule has 1 aliphatic rings. The number of pyridine rings is 2. The molecular weight excluding hydrogens is 729 g/mol. The molecule has 0 spiro atoms. The number of fused-ring (bicyclic) bond motifs is 2. The van der Waals surface area contributed by atoms with Crippen molar-refractivity contribution < 1.29 is 28.1 Å². The highest BCUT2D eigenvalue weighted by Gasteiger charge is 2.37. The summed E-state index contributed by atoms with van der Waals surface area (Å²) in [6.45, 7) is 21.2. The van der Waals surface area contributed by atoms with E-state index in [-0.39, 0.29) is 17.9 Å². The van der Waals surface area contributed by atoms with Gasteiger partial charge >= 0.3 is 0 Å². The number of nitrogens with one attached hydrogen (secondary N) is 1. The zero-order valence-electron chi connectivity index (χ0n) is 34.0. The molecule has 1 fully saturated rings. The molecule has 14 heteroatoms. The van der Waals surface area contributed by atoms with E-state index < -0.39 is 16.4 Å². The molecule has 1 unspecified atom stereocenters. The molecule has 0 amide bonds. The van der Waals surface area contributed by atoms with Gasteiger partial charge in [0.25, 0.3) is 0 Å². The average Bonchev–Trinajstić information content (AvgIpc) is 3.52. The lowest BCUT2D eigenvalue weighted by atomic mass is 10.0. The van der Waals surface area contributed by atoms with E-state index in [0.29, 0.717) is 62.1 Å². The molecule has 0 bridgehead atoms. The number of anilines is 1. The van der Waals surface area contributed by atoms with Crippen LogP contribution in [0.25, 0.3) is 33.1 Å². The quantitative estimate of drug-likeness (QED) is 0.0717. The van der Waals surface area contributed by atoms with Crippen LogP contribution in [-0.2, 0) is 27.2 Å². The second-order valence-corrected chi connectivity index (χ2v) is 27.4. The largest absolute Gasteiger partial charge is 0.490 e. The number of benzene rings is 1. The van der Waals surface area contributed by atoms with Crippen LogP contribution < -0.4 is 19.5 Å². The van der Waals surface area contributed by atoms with E-state index in [1.165, 1.54) is 0 Å². The Bertz CT molecular complexity index is 2060. The fraction of sp³-hybridized carbons (Fsp3) is 0.512. The first-order chi connectivity index (χ1) is 26.2. The summed E-state index contributed by atoms with van der Waals surface area (Å²) in [6.07, 6.45) is 10.1. The van der Waals surface area contributed by atoms with Crippen LogP contribution in [0.2, 0.25) is 43.8 Å². The molecule has 296 valence electrons. The third-order valence-electron chi connectivity index (χ3n) is 10.3. The third kappa shape index (κ3) is 10.6. The molecule has 0 aliphatic carbocycles. The lowest BCUT2D eigenvalue weighted by Crippen LogP contribution is -2.41. The van der Waals surface area contributed by atoms with Gasteiger partial charge in [0.2, 0.25) is 11.8 Å². The maximum absolute atomic E-state index is 6.55. The smallest absolute Gasteiger partial charge is 0.228 e. The van der Waals surface area contributed by atoms with Crippen molar-refractivity contribution in [3.63, 3.8) is 0 Å². The van der Waals surface area contributed by atoms with Gasteiger partial charge in [-0.1, -0.05) is 46.5 Å². The summed E-state index contributed by atoms with van der Waals surface area (Å²) >= 11 is 0. The first-order valence-corrected chi connectivity index (χ1v) is 26.0. The summed E-state index contributed by atoms with van der Waals surface area (Å²) in [5.41, 5.74) is 4.31. The van der Waals surface area contributed by atoms with Gasteiger partial charge < -0.3 is 38.0 Å². The topological polar surface area (TPSA) is 124 Å². The summed E-state index contributed by atoms with van der Waals surface area (Å²) in [5.74, 6) is 2.24. The molecule has 55 heavy (non-hydrogen) atoms. The predicted octanol–water partition coefficient (Wildman–Crippen LogP) is 9.28. The Kier molecular flexibility index (Phi) is 12.8. The van der Waals surface area contributed by atoms with Crippen molar-refractivity contribution in [3.05, 3.63) is 60.7 Å². The number of ether oxygens (including phenoxy) is 5. The molecule has 5 heterocycles. The number of rotatable bonds is 17. The molecular formula is C41H58N6O6Si2. The van der Waals surface area contributed by atoms with Crippen molar-refractivity contribution in [2.24, 2.45) is 0 Å². The van der Waals surface area contributed by atoms with Gasteiger partial charge in [0, 0.05) is 57.1 Å². The van der Waals surface area contributed by atoms with Crippen molar-refractivity contribution in [2.45, 2.75) is 103 Å². The first kappa shape index (κ1) is 40.6. The van der Waals surface area contributed by atoms with Crippen LogP contribution in [0.3, 0.4) is 0 Å². The van der Waals surface area contributed by atoms with Crippen molar-refractivity contribution in [1.82, 2.24) is 24.5 Å². The molecule has 1 atom stereocenters. The van der Waals surface area contributed by atoms with Gasteiger partial charge in [-0.3, -0.25) is 9.97 Å². The molecule has 1 aliphatic heterocycles. The van der Waals surface area contributed by atoms with E-state index >= 15 is 0 Å². The lowest BCUT2D eigenvalue weighted by Gasteiger charge is -2.36. The van der Waals surface area contributed by atoms with Crippen LogP contribution in [0.1, 0.15) is 45.6 Å². The normalized spacial score (nSPS) is 15.4. The maximum atomic E-state index is 6.55. The second kappa shape index (κ2) is 17.4. The molecule has 6 rings (SSSR count). The fourth-order valence-corrected chi connectivity index (χ4v) is 7.76. The molecule has 0 saturated carbocycles. The van der Waals surface area contributed by atoms with Crippen LogP contribution in [0.15, 0.2) is 55.1 Å². The lowest BCUT2D eigenvalue weighted by molar-refractivity contribution is -0.106. The number of hydrogen-bond donors (Lipinski definition) is 1. The predicted molar refractivity (Wildman–Crippen MR) is 223 cm³/mol. The second-order valence-electron chi connectivity index (χ2n) is 16.9. The molecule has 1 saturated heterocycles. The van der Waals surface area contributed by atoms with Gasteiger partial charge in [-0.25, -0.2) is 0 Å². The monoisotopic (exact) mass is 786 g/mol. The SMILES string of the molecule is CNc1nc(OCc2cncc(OCCO[Si](C)(C)C(C)(C)C)c2)c2c(-c3ccc4ncc(OC5CCCCO5)cc4c3)cn(COCC[Si](C)(C)C)c2n1. The van der Waals surface area contributed by atoms with Gasteiger partial charge in [-0.05, 0) is 66.8 Å². The Morgan fingerprint density at radius 1 is 0.927 bits per heavy atom. The van der Waals surface area contributed by atoms with Crippen molar-refractivity contribution in [3.8, 4) is 28.5 Å². The molecule has 5 aromatic rings. The first-order valence-electron chi connectivity index (χ1n) is 19.4. The Morgan fingerprint density at radius 3 is 2.51 bits per heavy atom. The molecule has 1 aromatic carbocycles. The van der Waals surface area contributed by atoms with Gasteiger partial charge in [0.1, 0.15) is 31.4 Å². The minimum absolute atomic E-state index is 0.140. The Morgan fingerprint density at radius 2 is 1.76 bits per heavy atom. The van der Waals surface area contributed by atoms with Crippen LogP contribution >= 0.6 is 0 Å². The standard InChI is InChI=1S/C41H58N6O6Si2/c1-41(2,3)55(8,9)52-17-16-49-32-20-29(23-43-24-32)27-51-39-37-34(26-47(28-48-18-19-54(5,6)7)38(37)45-40(42-4)46-39)30-13-14-35-31(21-30)22-33(25-44-35)53-36-12-10-11-15-50-36/h13-14,20-26,36H,10-12,15-19,27-28H2,1-9H3,(H,42,45,46). The van der Waals surface area contributed by atoms with Crippen molar-refractivity contribution in [1.29, 1.82) is 0 Å². The van der Waals surface area contributed by atoms with E-state index in [2.05, 4.69) is 82.1 Å². The number of nitrogens with zero attached hydrogens (tertiary/aromatic N) is 5. The number of aromatic nitrogens is 5. The van der Waals surface area contributed by atoms with E-state index in [9.17, 15) is 0 Å². The highest BCUT2D eigenvalue weighted by atomic mass is 28.4. The van der Waals surface area contributed by atoms with Gasteiger partial charge in [0.05, 0.1) is 36.5 Å². The van der Waals surface area contributed by atoms with E-state index in [0.717, 1.165) is 58.3 Å². The van der Waals surface area contributed by atoms with Crippen LogP contribution in [0, 0.1) is 0 Å². The van der Waals surface area contributed by atoms with Gasteiger partial charge in [-0.2, -0.15) is 9.97 Å². The Labute approximate surface area is 327 Å². The van der Waals surface area contributed by atoms with E-state index in [1.54, 1.807) is 25.6 Å². The van der Waals surface area contributed by atoms with E-state index in [4.69, 9.17) is 43.1 Å². The Hall–Kier alpha value is -4.09. The number of hydrogen-bond acceptors (Lipinski definition) is 11. The highest BCUT2D eigenvalue weighted by Crippen LogP contribution is 2.39. The molecule has 1 N–H and O–H groups in total. The van der Waals surface area contributed by atoms with Crippen LogP contribution in [0.5, 0.6) is 17.4 Å².